The van der Waals surface area contributed by atoms with Gasteiger partial charge < -0.3 is 14.2 Å². The second-order valence-electron chi connectivity index (χ2n) is 19.5. The molecular weight excluding hydrogens is 885 g/mol. The van der Waals surface area contributed by atoms with Crippen molar-refractivity contribution >= 4 is 11.9 Å². The minimum absolute atomic E-state index is 0.0525. The third-order valence-electron chi connectivity index (χ3n) is 12.5. The molecule has 0 aliphatic heterocycles. The van der Waals surface area contributed by atoms with Crippen molar-refractivity contribution in [1.29, 1.82) is 0 Å². The third-order valence-corrected chi connectivity index (χ3v) is 12.5. The molecule has 0 amide bonds. The molecule has 0 spiro atoms. The Morgan fingerprint density at radius 3 is 1.00 bits per heavy atom. The van der Waals surface area contributed by atoms with E-state index < -0.39 is 6.10 Å². The van der Waals surface area contributed by atoms with Crippen molar-refractivity contribution in [3.8, 4) is 0 Å². The van der Waals surface area contributed by atoms with Crippen molar-refractivity contribution in [2.24, 2.45) is 0 Å². The van der Waals surface area contributed by atoms with Crippen LogP contribution in [0.4, 0.5) is 0 Å². The topological polar surface area (TPSA) is 61.8 Å². The van der Waals surface area contributed by atoms with E-state index in [1.807, 2.05) is 0 Å². The first-order valence-electron chi connectivity index (χ1n) is 30.1. The molecule has 5 nitrogen and oxygen atoms in total. The number of carbonyl (C=O) groups excluding carboxylic acids is 2. The molecule has 0 aromatic carbocycles. The normalized spacial score (nSPS) is 13.1. The van der Waals surface area contributed by atoms with Crippen LogP contribution in [0.3, 0.4) is 0 Å². The molecule has 0 saturated carbocycles. The van der Waals surface area contributed by atoms with E-state index in [9.17, 15) is 9.59 Å². The molecule has 0 aliphatic carbocycles. The quantitative estimate of drug-likeness (QED) is 0.0345. The van der Waals surface area contributed by atoms with E-state index in [1.165, 1.54) is 116 Å². The number of hydrogen-bond donors (Lipinski definition) is 0. The van der Waals surface area contributed by atoms with Crippen LogP contribution in [0.15, 0.2) is 122 Å². The molecule has 0 radical (unpaired) electrons. The lowest BCUT2D eigenvalue weighted by atomic mass is 10.1. The van der Waals surface area contributed by atoms with Gasteiger partial charge in [0, 0.05) is 19.4 Å². The summed E-state index contributed by atoms with van der Waals surface area (Å²) < 4.78 is 17.5. The SMILES string of the molecule is CC/C=C\C/C=C\C/C=C\C/C=C\C/C=C\CCCCOCC(COC(=O)CCCCCCCC/C=C\C/C=C\C/C=C\CCCCC)OC(=O)CCCCCCCCCCC/C=C\C/C=C\CCCCC. The van der Waals surface area contributed by atoms with E-state index in [2.05, 4.69) is 142 Å². The summed E-state index contributed by atoms with van der Waals surface area (Å²) in [7, 11) is 0. The summed E-state index contributed by atoms with van der Waals surface area (Å²) in [6.45, 7) is 7.55. The van der Waals surface area contributed by atoms with Crippen LogP contribution in [0.1, 0.15) is 265 Å². The zero-order valence-electron chi connectivity index (χ0n) is 47.2. The highest BCUT2D eigenvalue weighted by Crippen LogP contribution is 2.14. The van der Waals surface area contributed by atoms with Crippen LogP contribution < -0.4 is 0 Å². The van der Waals surface area contributed by atoms with Gasteiger partial charge >= 0.3 is 11.9 Å². The lowest BCUT2D eigenvalue weighted by Crippen LogP contribution is -2.30. The van der Waals surface area contributed by atoms with E-state index in [-0.39, 0.29) is 25.2 Å². The first-order chi connectivity index (χ1) is 35.6. The van der Waals surface area contributed by atoms with E-state index in [0.29, 0.717) is 19.4 Å². The minimum Gasteiger partial charge on any atom is -0.462 e. The highest BCUT2D eigenvalue weighted by molar-refractivity contribution is 5.70. The molecule has 0 rings (SSSR count). The summed E-state index contributed by atoms with van der Waals surface area (Å²) >= 11 is 0. The number of rotatable bonds is 54. The third kappa shape index (κ3) is 58.9. The predicted molar refractivity (Wildman–Crippen MR) is 316 cm³/mol. The molecule has 0 N–H and O–H groups in total. The average molecular weight is 998 g/mol. The maximum Gasteiger partial charge on any atom is 0.306 e. The Kier molecular flexibility index (Phi) is 58.4. The Labute approximate surface area is 446 Å². The van der Waals surface area contributed by atoms with Gasteiger partial charge in [0.05, 0.1) is 6.61 Å². The molecule has 5 heteroatoms. The van der Waals surface area contributed by atoms with Crippen molar-refractivity contribution in [2.75, 3.05) is 19.8 Å². The Hall–Kier alpha value is -3.70. The maximum atomic E-state index is 12.9. The fourth-order valence-corrected chi connectivity index (χ4v) is 7.99. The Morgan fingerprint density at radius 1 is 0.319 bits per heavy atom. The van der Waals surface area contributed by atoms with Gasteiger partial charge in [0.25, 0.3) is 0 Å². The molecule has 72 heavy (non-hydrogen) atoms. The van der Waals surface area contributed by atoms with Gasteiger partial charge in [-0.2, -0.15) is 0 Å². The summed E-state index contributed by atoms with van der Waals surface area (Å²) in [5, 5.41) is 0. The molecule has 410 valence electrons. The molecule has 1 atom stereocenters. The molecular formula is C67H112O5. The Bertz CT molecular complexity index is 1450. The molecule has 0 fully saturated rings. The van der Waals surface area contributed by atoms with E-state index >= 15 is 0 Å². The highest BCUT2D eigenvalue weighted by Gasteiger charge is 2.17. The van der Waals surface area contributed by atoms with Crippen LogP contribution in [-0.2, 0) is 23.8 Å². The molecule has 0 saturated heterocycles. The number of esters is 2. The fourth-order valence-electron chi connectivity index (χ4n) is 7.99. The highest BCUT2D eigenvalue weighted by atomic mass is 16.6. The smallest absolute Gasteiger partial charge is 0.306 e. The maximum absolute atomic E-state index is 12.9. The second-order valence-corrected chi connectivity index (χ2v) is 19.5. The Morgan fingerprint density at radius 2 is 0.625 bits per heavy atom. The number of ether oxygens (including phenoxy) is 3. The summed E-state index contributed by atoms with van der Waals surface area (Å²) in [4.78, 5) is 25.6. The number of hydrogen-bond acceptors (Lipinski definition) is 5. The largest absolute Gasteiger partial charge is 0.462 e. The van der Waals surface area contributed by atoms with Crippen LogP contribution in [-0.4, -0.2) is 37.9 Å². The zero-order chi connectivity index (χ0) is 52.0. The van der Waals surface area contributed by atoms with Crippen LogP contribution in [0.25, 0.3) is 0 Å². The average Bonchev–Trinajstić information content (AvgIpc) is 3.38. The van der Waals surface area contributed by atoms with Crippen LogP contribution >= 0.6 is 0 Å². The zero-order valence-corrected chi connectivity index (χ0v) is 47.2. The van der Waals surface area contributed by atoms with Gasteiger partial charge in [-0.1, -0.05) is 239 Å². The first kappa shape index (κ1) is 68.3. The van der Waals surface area contributed by atoms with Gasteiger partial charge in [-0.3, -0.25) is 9.59 Å². The number of unbranched alkanes of at least 4 members (excludes halogenated alkanes) is 23. The molecule has 0 heterocycles. The van der Waals surface area contributed by atoms with E-state index in [0.717, 1.165) is 116 Å². The molecule has 0 aromatic heterocycles. The van der Waals surface area contributed by atoms with Crippen molar-refractivity contribution in [2.45, 2.75) is 271 Å². The van der Waals surface area contributed by atoms with Crippen molar-refractivity contribution in [1.82, 2.24) is 0 Å². The molecule has 1 unspecified atom stereocenters. The molecule has 0 bridgehead atoms. The van der Waals surface area contributed by atoms with Crippen LogP contribution in [0, 0.1) is 0 Å². The van der Waals surface area contributed by atoms with Gasteiger partial charge in [-0.05, 0) is 135 Å². The monoisotopic (exact) mass is 997 g/mol. The lowest BCUT2D eigenvalue weighted by molar-refractivity contribution is -0.163. The first-order valence-corrected chi connectivity index (χ1v) is 30.1. The van der Waals surface area contributed by atoms with Gasteiger partial charge in [0.1, 0.15) is 6.61 Å². The number of allylic oxidation sites excluding steroid dienone is 20. The minimum atomic E-state index is -0.576. The van der Waals surface area contributed by atoms with E-state index in [4.69, 9.17) is 14.2 Å². The fraction of sp³-hybridized carbons (Fsp3) is 0.672. The van der Waals surface area contributed by atoms with Gasteiger partial charge in [0.2, 0.25) is 0 Å². The summed E-state index contributed by atoms with van der Waals surface area (Å²) in [5.41, 5.74) is 0. The Balaban J connectivity index is 4.41. The van der Waals surface area contributed by atoms with Gasteiger partial charge in [-0.15, -0.1) is 0 Å². The lowest BCUT2D eigenvalue weighted by Gasteiger charge is -2.18. The molecule has 0 aliphatic rings. The summed E-state index contributed by atoms with van der Waals surface area (Å²) in [6, 6.07) is 0. The second kappa shape index (κ2) is 61.6. The summed E-state index contributed by atoms with van der Waals surface area (Å²) in [6.07, 6.45) is 86.5. The van der Waals surface area contributed by atoms with Crippen molar-refractivity contribution < 1.29 is 23.8 Å². The predicted octanol–water partition coefficient (Wildman–Crippen LogP) is 20.9. The molecule has 0 aromatic rings. The van der Waals surface area contributed by atoms with Crippen molar-refractivity contribution in [3.05, 3.63) is 122 Å². The van der Waals surface area contributed by atoms with Crippen LogP contribution in [0.5, 0.6) is 0 Å². The standard InChI is InChI=1S/C67H112O5/c1-4-7-10-13-16-19-22-25-28-31-34-36-39-42-45-48-51-54-57-60-66(68)71-64-65(63-70-62-59-56-53-50-47-44-41-38-33-30-27-24-21-18-15-12-9-6-3)72-67(69)61-58-55-52-49-46-43-40-37-35-32-29-26-23-20-17-14-11-8-5-2/h9,12,16-21,25-30,34,36,38,41,47,50,65H,4-8,10-11,13-15,22-24,31-33,35,37,39-40,42-46,48-49,51-64H2,1-3H3/b12-9-,19-16-,20-17-,21-18-,28-25-,29-26-,30-27-,36-34-,41-38-,50-47-. The van der Waals surface area contributed by atoms with Crippen LogP contribution in [0.2, 0.25) is 0 Å². The van der Waals surface area contributed by atoms with E-state index in [1.54, 1.807) is 0 Å². The number of carbonyl (C=O) groups is 2. The van der Waals surface area contributed by atoms with Gasteiger partial charge in [0.15, 0.2) is 6.10 Å². The summed E-state index contributed by atoms with van der Waals surface area (Å²) in [5.74, 6) is -0.442. The van der Waals surface area contributed by atoms with Crippen molar-refractivity contribution in [3.63, 3.8) is 0 Å². The van der Waals surface area contributed by atoms with Gasteiger partial charge in [-0.25, -0.2) is 0 Å².